The highest BCUT2D eigenvalue weighted by atomic mass is 16.7. The number of anilines is 1. The third-order valence-electron chi connectivity index (χ3n) is 4.69. The van der Waals surface area contributed by atoms with Crippen molar-refractivity contribution in [2.75, 3.05) is 12.8 Å². The number of terminal acetylenes is 1. The third-order valence-corrected chi connectivity index (χ3v) is 4.69. The highest BCUT2D eigenvalue weighted by molar-refractivity contribution is 5.81. The maximum atomic E-state index is 12.3. The van der Waals surface area contributed by atoms with Gasteiger partial charge in [0.15, 0.2) is 41.3 Å². The molecule has 3 rings (SSSR count). The van der Waals surface area contributed by atoms with Gasteiger partial charge < -0.3 is 33.3 Å². The van der Waals surface area contributed by atoms with Crippen LogP contribution in [0.5, 0.6) is 0 Å². The second-order valence-corrected chi connectivity index (χ2v) is 6.76. The Hall–Kier alpha value is -3.85. The van der Waals surface area contributed by atoms with E-state index in [4.69, 9.17) is 35.2 Å². The van der Waals surface area contributed by atoms with Gasteiger partial charge in [0.1, 0.15) is 11.3 Å². The van der Waals surface area contributed by atoms with E-state index < -0.39 is 23.7 Å². The fourth-order valence-electron chi connectivity index (χ4n) is 2.78. The first-order valence-electron chi connectivity index (χ1n) is 9.07. The fourth-order valence-corrected chi connectivity index (χ4v) is 2.78. The van der Waals surface area contributed by atoms with Crippen molar-refractivity contribution in [3.8, 4) is 12.3 Å². The molecular weight excluding hydrogens is 410 g/mol. The summed E-state index contributed by atoms with van der Waals surface area (Å²) in [6.07, 6.45) is 5.06. The predicted octanol–water partition coefficient (Wildman–Crippen LogP) is 1.33. The molecule has 12 heteroatoms. The lowest BCUT2D eigenvalue weighted by atomic mass is 9.99. The number of hydrogen-bond donors (Lipinski definition) is 1. The van der Waals surface area contributed by atoms with Gasteiger partial charge in [-0.15, -0.1) is 6.42 Å². The van der Waals surface area contributed by atoms with Crippen molar-refractivity contribution in [3.63, 3.8) is 0 Å². The molecule has 3 heterocycles. The topological polar surface area (TPSA) is 158 Å². The van der Waals surface area contributed by atoms with Crippen molar-refractivity contribution >= 4 is 23.1 Å². The molecule has 0 aliphatic rings. The minimum Gasteiger partial charge on any atom is -0.426 e. The van der Waals surface area contributed by atoms with Crippen LogP contribution in [0.25, 0.3) is 11.2 Å². The summed E-state index contributed by atoms with van der Waals surface area (Å²) in [6, 6.07) is 0. The average Bonchev–Trinajstić information content (AvgIpc) is 3.27. The molecule has 2 N–H and O–H groups in total. The first-order chi connectivity index (χ1) is 14.7. The number of aryl methyl sites for hydroxylation is 2. The van der Waals surface area contributed by atoms with Crippen LogP contribution in [0, 0.1) is 26.2 Å². The van der Waals surface area contributed by atoms with E-state index in [0.29, 0.717) is 17.0 Å². The number of hydrogen-bond acceptors (Lipinski definition) is 11. The second-order valence-electron chi connectivity index (χ2n) is 6.76. The van der Waals surface area contributed by atoms with Gasteiger partial charge >= 0.3 is 12.0 Å². The Bertz CT molecular complexity index is 1200. The lowest BCUT2D eigenvalue weighted by molar-refractivity contribution is -0.0825. The summed E-state index contributed by atoms with van der Waals surface area (Å²) < 4.78 is 27.0. The van der Waals surface area contributed by atoms with Crippen LogP contribution in [0.1, 0.15) is 24.3 Å². The number of rotatable bonds is 7. The molecule has 0 aromatic carbocycles. The zero-order valence-corrected chi connectivity index (χ0v) is 17.4. The van der Waals surface area contributed by atoms with Gasteiger partial charge in [-0.25, -0.2) is 24.5 Å². The van der Waals surface area contributed by atoms with Gasteiger partial charge in [-0.2, -0.15) is 0 Å². The van der Waals surface area contributed by atoms with Gasteiger partial charge in [-0.05, 0) is 20.8 Å². The zero-order valence-electron chi connectivity index (χ0n) is 17.4. The van der Waals surface area contributed by atoms with Crippen molar-refractivity contribution in [2.45, 2.75) is 45.6 Å². The van der Waals surface area contributed by atoms with E-state index >= 15 is 0 Å². The molecule has 164 valence electrons. The van der Waals surface area contributed by atoms with Crippen molar-refractivity contribution in [3.05, 3.63) is 34.3 Å². The number of carbonyl (C=O) groups is 1. The summed E-state index contributed by atoms with van der Waals surface area (Å²) in [5.74, 6) is 2.51. The van der Waals surface area contributed by atoms with Crippen molar-refractivity contribution in [1.29, 1.82) is 0 Å². The Morgan fingerprint density at radius 2 is 2.13 bits per heavy atom. The first kappa shape index (κ1) is 21.8. The van der Waals surface area contributed by atoms with Gasteiger partial charge in [0.25, 0.3) is 0 Å². The first-order valence-corrected chi connectivity index (χ1v) is 9.07. The van der Waals surface area contributed by atoms with Gasteiger partial charge in [0, 0.05) is 7.11 Å². The van der Waals surface area contributed by atoms with Gasteiger partial charge in [-0.1, -0.05) is 5.92 Å². The molecule has 0 radical (unpaired) electrons. The largest absolute Gasteiger partial charge is 0.519 e. The number of carbonyl (C=O) groups excluding carboxylic acids is 1. The van der Waals surface area contributed by atoms with Crippen LogP contribution in [0.2, 0.25) is 0 Å². The van der Waals surface area contributed by atoms with Crippen LogP contribution in [0.15, 0.2) is 20.0 Å². The highest BCUT2D eigenvalue weighted by Crippen LogP contribution is 2.23. The second kappa shape index (κ2) is 8.49. The maximum absolute atomic E-state index is 12.3. The monoisotopic (exact) mass is 431 g/mol. The molecule has 0 aliphatic heterocycles. The number of methoxy groups -OCH3 is 1. The highest BCUT2D eigenvalue weighted by Gasteiger charge is 2.37. The molecule has 3 aromatic heterocycles. The van der Waals surface area contributed by atoms with Gasteiger partial charge in [-0.3, -0.25) is 0 Å². The number of fused-ring (bicyclic) bond motifs is 1. The van der Waals surface area contributed by atoms with E-state index in [2.05, 4.69) is 20.9 Å². The smallest absolute Gasteiger partial charge is 0.426 e. The molecule has 31 heavy (non-hydrogen) atoms. The van der Waals surface area contributed by atoms with E-state index in [1.54, 1.807) is 18.4 Å². The number of nitrogens with zero attached hydrogens (tertiary/aromatic N) is 4. The van der Waals surface area contributed by atoms with Crippen LogP contribution >= 0.6 is 0 Å². The molecule has 12 nitrogen and oxygen atoms in total. The van der Waals surface area contributed by atoms with Crippen LogP contribution in [-0.4, -0.2) is 44.5 Å². The van der Waals surface area contributed by atoms with E-state index in [-0.39, 0.29) is 30.5 Å². The summed E-state index contributed by atoms with van der Waals surface area (Å²) in [5.41, 5.74) is 5.44. The summed E-state index contributed by atoms with van der Waals surface area (Å²) in [4.78, 5) is 36.1. The molecule has 0 saturated heterocycles. The minimum atomic E-state index is -1.30. The number of ether oxygens (including phenoxy) is 3. The van der Waals surface area contributed by atoms with Crippen molar-refractivity contribution in [1.82, 2.24) is 19.5 Å². The van der Waals surface area contributed by atoms with Gasteiger partial charge in [0.2, 0.25) is 0 Å². The van der Waals surface area contributed by atoms with Crippen molar-refractivity contribution in [2.24, 2.45) is 0 Å². The van der Waals surface area contributed by atoms with Crippen LogP contribution < -0.4 is 11.6 Å². The predicted molar refractivity (Wildman–Crippen MR) is 106 cm³/mol. The summed E-state index contributed by atoms with van der Waals surface area (Å²) in [5, 5.41) is 0. The number of nitrogen functional groups attached to an aromatic ring is 1. The standard InChI is InChI=1S/C19H21N5O7/c1-6-19(4,27-5)13(31-17(25)28-8-12-10(2)29-18(26)30-12)7-24-9-21-14-15(20)22-11(3)23-16(14)24/h1,9,13H,7-8H2,2-5H3,(H2,20,22,23)/t13-,19-/m0/s1. The molecule has 0 aliphatic carbocycles. The average molecular weight is 431 g/mol. The maximum Gasteiger partial charge on any atom is 0.519 e. The number of imidazole rings is 1. The quantitative estimate of drug-likeness (QED) is 0.425. The summed E-state index contributed by atoms with van der Waals surface area (Å²) >= 11 is 0. The van der Waals surface area contributed by atoms with Crippen LogP contribution in [0.4, 0.5) is 10.6 Å². The SMILES string of the molecule is C#C[C@](C)(OC)[C@H](Cn1cnc2c(N)nc(C)nc21)OC(=O)OCc1oc(=O)oc1C. The molecule has 0 saturated carbocycles. The molecule has 3 aromatic rings. The van der Waals surface area contributed by atoms with E-state index in [1.807, 2.05) is 0 Å². The lowest BCUT2D eigenvalue weighted by Crippen LogP contribution is -2.45. The number of nitrogens with two attached hydrogens (primary N) is 1. The fraction of sp³-hybridized carbons (Fsp3) is 0.421. The van der Waals surface area contributed by atoms with E-state index in [1.165, 1.54) is 20.4 Å². The minimum absolute atomic E-state index is 0.0376. The van der Waals surface area contributed by atoms with Gasteiger partial charge in [0.05, 0.1) is 12.9 Å². The zero-order chi connectivity index (χ0) is 22.8. The summed E-state index contributed by atoms with van der Waals surface area (Å²) in [6.45, 7) is 4.45. The van der Waals surface area contributed by atoms with Crippen molar-refractivity contribution < 1.29 is 27.8 Å². The normalized spacial score (nSPS) is 14.0. The number of aromatic nitrogens is 4. The molecule has 0 amide bonds. The Morgan fingerprint density at radius 3 is 2.74 bits per heavy atom. The Morgan fingerprint density at radius 1 is 1.39 bits per heavy atom. The molecule has 0 unspecified atom stereocenters. The van der Waals surface area contributed by atoms with Crippen LogP contribution in [0.3, 0.4) is 0 Å². The molecule has 0 fully saturated rings. The molecule has 2 atom stereocenters. The lowest BCUT2D eigenvalue weighted by Gasteiger charge is -2.31. The van der Waals surface area contributed by atoms with Crippen LogP contribution in [-0.2, 0) is 27.4 Å². The Kier molecular flexibility index (Phi) is 5.98. The molecular formula is C19H21N5O7. The third kappa shape index (κ3) is 4.51. The Balaban J connectivity index is 1.82. The van der Waals surface area contributed by atoms with E-state index in [0.717, 1.165) is 0 Å². The molecule has 0 bridgehead atoms. The molecule has 0 spiro atoms. The van der Waals surface area contributed by atoms with E-state index in [9.17, 15) is 9.59 Å². The Labute approximate surface area is 176 Å². The summed E-state index contributed by atoms with van der Waals surface area (Å²) in [7, 11) is 1.39.